The Balaban J connectivity index is 2.72. The molecule has 4 heteroatoms. The molecule has 1 unspecified atom stereocenters. The van der Waals surface area contributed by atoms with Gasteiger partial charge in [0.1, 0.15) is 0 Å². The molecule has 78 valence electrons. The zero-order valence-electron chi connectivity index (χ0n) is 8.95. The first-order valence-corrected chi connectivity index (χ1v) is 4.90. The van der Waals surface area contributed by atoms with Gasteiger partial charge in [-0.2, -0.15) is 0 Å². The van der Waals surface area contributed by atoms with Crippen LogP contribution >= 0.6 is 0 Å². The molecule has 0 saturated heterocycles. The molecule has 0 bridgehead atoms. The number of nitrogens with zero attached hydrogens (tertiary/aromatic N) is 2. The van der Waals surface area contributed by atoms with Crippen LogP contribution in [-0.4, -0.2) is 22.1 Å². The maximum Gasteiger partial charge on any atom is 0.253 e. The zero-order valence-corrected chi connectivity index (χ0v) is 8.95. The first-order chi connectivity index (χ1) is 6.63. The van der Waals surface area contributed by atoms with Crippen molar-refractivity contribution in [3.63, 3.8) is 0 Å². The van der Waals surface area contributed by atoms with Crippen LogP contribution in [-0.2, 0) is 6.54 Å². The van der Waals surface area contributed by atoms with E-state index in [1.165, 1.54) is 0 Å². The van der Waals surface area contributed by atoms with E-state index >= 15 is 0 Å². The van der Waals surface area contributed by atoms with Crippen molar-refractivity contribution in [1.82, 2.24) is 14.9 Å². The van der Waals surface area contributed by atoms with Crippen LogP contribution in [0.1, 0.15) is 19.5 Å². The first kappa shape index (κ1) is 10.9. The highest BCUT2D eigenvalue weighted by Crippen LogP contribution is 1.89. The summed E-state index contributed by atoms with van der Waals surface area (Å²) in [6.07, 6.45) is 1.60. The van der Waals surface area contributed by atoms with Crippen LogP contribution in [0.15, 0.2) is 17.2 Å². The molecule has 1 aromatic heterocycles. The number of nitrogens with one attached hydrogen (secondary N) is 1. The molecule has 1 rings (SSSR count). The van der Waals surface area contributed by atoms with Gasteiger partial charge in [0.2, 0.25) is 0 Å². The summed E-state index contributed by atoms with van der Waals surface area (Å²) in [6.45, 7) is 7.50. The predicted octanol–water partition coefficient (Wildman–Crippen LogP) is 0.550. The van der Waals surface area contributed by atoms with Gasteiger partial charge in [-0.3, -0.25) is 9.36 Å². The van der Waals surface area contributed by atoms with Gasteiger partial charge in [0.15, 0.2) is 0 Å². The minimum Gasteiger partial charge on any atom is -0.313 e. The molecule has 1 aromatic rings. The largest absolute Gasteiger partial charge is 0.313 e. The molecule has 0 aliphatic heterocycles. The molecule has 0 fully saturated rings. The Morgan fingerprint density at radius 1 is 1.64 bits per heavy atom. The van der Waals surface area contributed by atoms with Crippen LogP contribution < -0.4 is 10.9 Å². The average molecular weight is 195 g/mol. The molecule has 0 spiro atoms. The van der Waals surface area contributed by atoms with Gasteiger partial charge in [0.25, 0.3) is 5.56 Å². The molecule has 14 heavy (non-hydrogen) atoms. The standard InChI is InChI=1S/C10H17N3O/c1-4-11-9(3)6-13-7-12-8(2)5-10(13)14/h5,7,9,11H,4,6H2,1-3H3. The monoisotopic (exact) mass is 195 g/mol. The lowest BCUT2D eigenvalue weighted by Gasteiger charge is -2.13. The molecular weight excluding hydrogens is 178 g/mol. The quantitative estimate of drug-likeness (QED) is 0.763. The Kier molecular flexibility index (Phi) is 3.83. The summed E-state index contributed by atoms with van der Waals surface area (Å²) < 4.78 is 1.63. The van der Waals surface area contributed by atoms with E-state index in [4.69, 9.17) is 0 Å². The van der Waals surface area contributed by atoms with Crippen molar-refractivity contribution in [2.75, 3.05) is 6.54 Å². The maximum absolute atomic E-state index is 11.5. The van der Waals surface area contributed by atoms with Crippen molar-refractivity contribution < 1.29 is 0 Å². The Morgan fingerprint density at radius 2 is 2.36 bits per heavy atom. The Morgan fingerprint density at radius 3 is 2.93 bits per heavy atom. The SMILES string of the molecule is CCNC(C)Cn1cnc(C)cc1=O. The smallest absolute Gasteiger partial charge is 0.253 e. The molecule has 0 aliphatic rings. The average Bonchev–Trinajstić information content (AvgIpc) is 2.10. The van der Waals surface area contributed by atoms with Crippen LogP contribution in [0.25, 0.3) is 0 Å². The molecule has 0 saturated carbocycles. The van der Waals surface area contributed by atoms with Gasteiger partial charge in [-0.1, -0.05) is 6.92 Å². The van der Waals surface area contributed by atoms with Crippen molar-refractivity contribution in [2.24, 2.45) is 0 Å². The molecule has 1 heterocycles. The Bertz CT molecular complexity index is 345. The first-order valence-electron chi connectivity index (χ1n) is 4.90. The Labute approximate surface area is 84.0 Å². The molecular formula is C10H17N3O. The van der Waals surface area contributed by atoms with Crippen molar-refractivity contribution in [2.45, 2.75) is 33.4 Å². The van der Waals surface area contributed by atoms with Gasteiger partial charge < -0.3 is 5.32 Å². The molecule has 0 aromatic carbocycles. The highest BCUT2D eigenvalue weighted by Gasteiger charge is 2.02. The van der Waals surface area contributed by atoms with E-state index in [1.54, 1.807) is 17.0 Å². The molecule has 0 radical (unpaired) electrons. The number of likely N-dealkylation sites (N-methyl/N-ethyl adjacent to an activating group) is 1. The molecule has 4 nitrogen and oxygen atoms in total. The summed E-state index contributed by atoms with van der Waals surface area (Å²) in [5.41, 5.74) is 0.782. The van der Waals surface area contributed by atoms with Crippen LogP contribution in [0.4, 0.5) is 0 Å². The van der Waals surface area contributed by atoms with E-state index in [2.05, 4.69) is 17.2 Å². The van der Waals surface area contributed by atoms with Gasteiger partial charge in [-0.15, -0.1) is 0 Å². The van der Waals surface area contributed by atoms with Gasteiger partial charge in [-0.25, -0.2) is 4.98 Å². The number of hydrogen-bond acceptors (Lipinski definition) is 3. The summed E-state index contributed by atoms with van der Waals surface area (Å²) in [5.74, 6) is 0. The topological polar surface area (TPSA) is 46.9 Å². The molecule has 1 atom stereocenters. The van der Waals surface area contributed by atoms with Crippen LogP contribution in [0.3, 0.4) is 0 Å². The molecule has 0 amide bonds. The van der Waals surface area contributed by atoms with Crippen molar-refractivity contribution in [3.05, 3.63) is 28.4 Å². The second kappa shape index (κ2) is 4.91. The minimum absolute atomic E-state index is 0.0160. The summed E-state index contributed by atoms with van der Waals surface area (Å²) in [6, 6.07) is 1.85. The van der Waals surface area contributed by atoms with E-state index in [-0.39, 0.29) is 5.56 Å². The number of aryl methyl sites for hydroxylation is 1. The Hall–Kier alpha value is -1.16. The van der Waals surface area contributed by atoms with Crippen LogP contribution in [0, 0.1) is 6.92 Å². The molecule has 1 N–H and O–H groups in total. The number of aromatic nitrogens is 2. The van der Waals surface area contributed by atoms with Gasteiger partial charge >= 0.3 is 0 Å². The zero-order chi connectivity index (χ0) is 10.6. The summed E-state index contributed by atoms with van der Waals surface area (Å²) in [4.78, 5) is 15.6. The summed E-state index contributed by atoms with van der Waals surface area (Å²) >= 11 is 0. The number of rotatable bonds is 4. The fourth-order valence-electron chi connectivity index (χ4n) is 1.36. The number of hydrogen-bond donors (Lipinski definition) is 1. The van der Waals surface area contributed by atoms with E-state index in [0.717, 1.165) is 12.2 Å². The second-order valence-electron chi connectivity index (χ2n) is 3.48. The van der Waals surface area contributed by atoms with Crippen molar-refractivity contribution in [3.8, 4) is 0 Å². The van der Waals surface area contributed by atoms with E-state index in [0.29, 0.717) is 12.6 Å². The van der Waals surface area contributed by atoms with Gasteiger partial charge in [-0.05, 0) is 20.4 Å². The van der Waals surface area contributed by atoms with Crippen LogP contribution in [0.5, 0.6) is 0 Å². The van der Waals surface area contributed by atoms with Gasteiger partial charge in [0, 0.05) is 24.3 Å². The fourth-order valence-corrected chi connectivity index (χ4v) is 1.36. The highest BCUT2D eigenvalue weighted by molar-refractivity contribution is 4.96. The maximum atomic E-state index is 11.5. The summed E-state index contributed by atoms with van der Waals surface area (Å²) in [5, 5.41) is 3.25. The third-order valence-corrected chi connectivity index (χ3v) is 2.04. The highest BCUT2D eigenvalue weighted by atomic mass is 16.1. The van der Waals surface area contributed by atoms with Crippen molar-refractivity contribution >= 4 is 0 Å². The van der Waals surface area contributed by atoms with E-state index < -0.39 is 0 Å². The predicted molar refractivity (Wildman–Crippen MR) is 56.4 cm³/mol. The van der Waals surface area contributed by atoms with Crippen molar-refractivity contribution in [1.29, 1.82) is 0 Å². The third-order valence-electron chi connectivity index (χ3n) is 2.04. The van der Waals surface area contributed by atoms with Gasteiger partial charge in [0.05, 0.1) is 6.33 Å². The van der Waals surface area contributed by atoms with E-state index in [1.807, 2.05) is 13.8 Å². The lowest BCUT2D eigenvalue weighted by Crippen LogP contribution is -2.34. The normalized spacial score (nSPS) is 12.8. The van der Waals surface area contributed by atoms with Crippen LogP contribution in [0.2, 0.25) is 0 Å². The van der Waals surface area contributed by atoms with E-state index in [9.17, 15) is 4.79 Å². The molecule has 0 aliphatic carbocycles. The minimum atomic E-state index is 0.0160. The summed E-state index contributed by atoms with van der Waals surface area (Å²) in [7, 11) is 0. The lowest BCUT2D eigenvalue weighted by atomic mass is 10.3. The lowest BCUT2D eigenvalue weighted by molar-refractivity contribution is 0.477. The third kappa shape index (κ3) is 2.96. The second-order valence-corrected chi connectivity index (χ2v) is 3.48. The fraction of sp³-hybridized carbons (Fsp3) is 0.600.